The Balaban J connectivity index is 1.24. The Hall–Kier alpha value is -3.17. The normalized spacial score (nSPS) is 15.5. The van der Waals surface area contributed by atoms with Crippen LogP contribution in [0, 0.1) is 0 Å². The van der Waals surface area contributed by atoms with Gasteiger partial charge in [-0.1, -0.05) is 84.9 Å². The molecule has 4 aromatic rings. The largest absolute Gasteiger partial charge is 0.295 e. The zero-order valence-electron chi connectivity index (χ0n) is 16.5. The average Bonchev–Trinajstić information content (AvgIpc) is 2.79. The zero-order chi connectivity index (χ0) is 19.5. The Kier molecular flexibility index (Phi) is 4.97. The van der Waals surface area contributed by atoms with Crippen molar-refractivity contribution in [1.29, 1.82) is 0 Å². The van der Waals surface area contributed by atoms with Crippen LogP contribution in [0.15, 0.2) is 90.0 Å². The van der Waals surface area contributed by atoms with E-state index >= 15 is 0 Å². The van der Waals surface area contributed by atoms with Gasteiger partial charge in [0.15, 0.2) is 0 Å². The molecule has 0 unspecified atom stereocenters. The third-order valence-corrected chi connectivity index (χ3v) is 5.81. The van der Waals surface area contributed by atoms with Gasteiger partial charge in [0, 0.05) is 38.3 Å². The van der Waals surface area contributed by atoms with Gasteiger partial charge < -0.3 is 0 Å². The lowest BCUT2D eigenvalue weighted by Crippen LogP contribution is -2.43. The summed E-state index contributed by atoms with van der Waals surface area (Å²) in [6.45, 7) is 5.01. The summed E-state index contributed by atoms with van der Waals surface area (Å²) in [5, 5.41) is 12.2. The van der Waals surface area contributed by atoms with E-state index < -0.39 is 0 Å². The maximum atomic E-state index is 4.78. The minimum Gasteiger partial charge on any atom is -0.295 e. The number of benzene rings is 4. The summed E-state index contributed by atoms with van der Waals surface area (Å²) in [6.07, 6.45) is 2.02. The smallest absolute Gasteiger partial charge is 0.0549 e. The number of piperazine rings is 1. The molecule has 3 nitrogen and oxygen atoms in total. The van der Waals surface area contributed by atoms with E-state index in [1.807, 2.05) is 6.21 Å². The highest BCUT2D eigenvalue weighted by atomic mass is 15.5. The first-order valence-electron chi connectivity index (χ1n) is 10.3. The van der Waals surface area contributed by atoms with Crippen LogP contribution in [-0.2, 0) is 6.54 Å². The van der Waals surface area contributed by atoms with E-state index in [4.69, 9.17) is 5.10 Å². The van der Waals surface area contributed by atoms with Crippen LogP contribution in [0.5, 0.6) is 0 Å². The van der Waals surface area contributed by atoms with Gasteiger partial charge in [-0.3, -0.25) is 9.91 Å². The number of rotatable bonds is 4. The molecular formula is C26H25N3. The van der Waals surface area contributed by atoms with E-state index in [1.54, 1.807) is 0 Å². The average molecular weight is 380 g/mol. The fourth-order valence-electron chi connectivity index (χ4n) is 4.19. The monoisotopic (exact) mass is 379 g/mol. The Morgan fingerprint density at radius 2 is 1.28 bits per heavy atom. The highest BCUT2D eigenvalue weighted by Gasteiger charge is 2.16. The number of hydrogen-bond acceptors (Lipinski definition) is 3. The molecule has 29 heavy (non-hydrogen) atoms. The molecule has 0 aliphatic carbocycles. The number of hydrazone groups is 1. The molecule has 1 fully saturated rings. The maximum Gasteiger partial charge on any atom is 0.0549 e. The summed E-state index contributed by atoms with van der Waals surface area (Å²) in [4.78, 5) is 2.53. The van der Waals surface area contributed by atoms with Crippen LogP contribution in [0.3, 0.4) is 0 Å². The molecule has 0 bridgehead atoms. The third kappa shape index (κ3) is 3.87. The van der Waals surface area contributed by atoms with Gasteiger partial charge in [0.05, 0.1) is 6.21 Å². The van der Waals surface area contributed by atoms with Crippen LogP contribution >= 0.6 is 0 Å². The Labute approximate surface area is 171 Å². The Bertz CT molecular complexity index is 1150. The van der Waals surface area contributed by atoms with Gasteiger partial charge in [0.2, 0.25) is 0 Å². The van der Waals surface area contributed by atoms with Gasteiger partial charge in [0.25, 0.3) is 0 Å². The molecule has 144 valence electrons. The van der Waals surface area contributed by atoms with Crippen LogP contribution in [0.25, 0.3) is 21.5 Å². The number of hydrogen-bond donors (Lipinski definition) is 0. The Morgan fingerprint density at radius 3 is 2.07 bits per heavy atom. The van der Waals surface area contributed by atoms with Crippen molar-refractivity contribution in [1.82, 2.24) is 9.91 Å². The van der Waals surface area contributed by atoms with Crippen molar-refractivity contribution in [3.63, 3.8) is 0 Å². The number of fused-ring (bicyclic) bond motifs is 2. The molecule has 1 heterocycles. The van der Waals surface area contributed by atoms with E-state index in [0.717, 1.165) is 32.7 Å². The maximum absolute atomic E-state index is 4.78. The molecule has 4 aromatic carbocycles. The molecule has 0 atom stereocenters. The molecule has 1 saturated heterocycles. The van der Waals surface area contributed by atoms with Crippen LogP contribution in [-0.4, -0.2) is 42.3 Å². The fraction of sp³-hybridized carbons (Fsp3) is 0.192. The van der Waals surface area contributed by atoms with E-state index in [1.165, 1.54) is 32.7 Å². The topological polar surface area (TPSA) is 18.8 Å². The highest BCUT2D eigenvalue weighted by Crippen LogP contribution is 2.21. The minimum absolute atomic E-state index is 0.964. The quantitative estimate of drug-likeness (QED) is 0.457. The van der Waals surface area contributed by atoms with Crippen LogP contribution in [0.1, 0.15) is 11.1 Å². The van der Waals surface area contributed by atoms with E-state index in [0.29, 0.717) is 0 Å². The van der Waals surface area contributed by atoms with Crippen molar-refractivity contribution in [2.75, 3.05) is 26.2 Å². The highest BCUT2D eigenvalue weighted by molar-refractivity contribution is 5.99. The summed E-state index contributed by atoms with van der Waals surface area (Å²) in [5.41, 5.74) is 2.59. The summed E-state index contributed by atoms with van der Waals surface area (Å²) in [5.74, 6) is 0. The van der Waals surface area contributed by atoms with E-state index in [9.17, 15) is 0 Å². The molecule has 0 saturated carbocycles. The van der Waals surface area contributed by atoms with Crippen molar-refractivity contribution >= 4 is 27.8 Å². The van der Waals surface area contributed by atoms with Gasteiger partial charge in [-0.25, -0.2) is 0 Å². The van der Waals surface area contributed by atoms with Crippen LogP contribution in [0.2, 0.25) is 0 Å². The molecule has 0 spiro atoms. The molecule has 1 aliphatic rings. The van der Waals surface area contributed by atoms with Crippen molar-refractivity contribution in [2.45, 2.75) is 6.54 Å². The minimum atomic E-state index is 0.964. The lowest BCUT2D eigenvalue weighted by molar-refractivity contribution is 0.131. The second-order valence-electron chi connectivity index (χ2n) is 7.68. The van der Waals surface area contributed by atoms with Crippen molar-refractivity contribution < 1.29 is 0 Å². The summed E-state index contributed by atoms with van der Waals surface area (Å²) < 4.78 is 0. The molecule has 0 aromatic heterocycles. The molecule has 5 rings (SSSR count). The van der Waals surface area contributed by atoms with Crippen molar-refractivity contribution in [2.24, 2.45) is 5.10 Å². The third-order valence-electron chi connectivity index (χ3n) is 5.81. The van der Waals surface area contributed by atoms with Gasteiger partial charge in [-0.15, -0.1) is 0 Å². The first-order chi connectivity index (χ1) is 14.4. The summed E-state index contributed by atoms with van der Waals surface area (Å²) >= 11 is 0. The first-order valence-corrected chi connectivity index (χ1v) is 10.3. The van der Waals surface area contributed by atoms with Gasteiger partial charge in [0.1, 0.15) is 0 Å². The molecule has 0 N–H and O–H groups in total. The predicted molar refractivity (Wildman–Crippen MR) is 122 cm³/mol. The molecular weight excluding hydrogens is 354 g/mol. The Morgan fingerprint density at radius 1 is 0.655 bits per heavy atom. The summed E-state index contributed by atoms with van der Waals surface area (Å²) in [7, 11) is 0. The molecule has 0 amide bonds. The molecule has 0 radical (unpaired) electrons. The van der Waals surface area contributed by atoms with Crippen molar-refractivity contribution in [3.05, 3.63) is 96.1 Å². The summed E-state index contributed by atoms with van der Waals surface area (Å²) in [6, 6.07) is 30.2. The molecule has 3 heteroatoms. The first kappa shape index (κ1) is 17.9. The number of nitrogens with zero attached hydrogens (tertiary/aromatic N) is 3. The van der Waals surface area contributed by atoms with Gasteiger partial charge >= 0.3 is 0 Å². The van der Waals surface area contributed by atoms with Gasteiger partial charge in [-0.05, 0) is 27.1 Å². The van der Waals surface area contributed by atoms with Crippen LogP contribution in [0.4, 0.5) is 0 Å². The van der Waals surface area contributed by atoms with E-state index in [2.05, 4.69) is 94.8 Å². The van der Waals surface area contributed by atoms with Crippen molar-refractivity contribution in [3.8, 4) is 0 Å². The zero-order valence-corrected chi connectivity index (χ0v) is 16.5. The SMILES string of the molecule is C(=NN1CCN(Cc2cccc3ccccc23)CC1)c1cccc2ccccc12. The second-order valence-corrected chi connectivity index (χ2v) is 7.68. The van der Waals surface area contributed by atoms with Crippen LogP contribution < -0.4 is 0 Å². The second kappa shape index (κ2) is 8.06. The van der Waals surface area contributed by atoms with E-state index in [-0.39, 0.29) is 0 Å². The van der Waals surface area contributed by atoms with Gasteiger partial charge in [-0.2, -0.15) is 5.10 Å². The predicted octanol–water partition coefficient (Wildman–Crippen LogP) is 5.14. The standard InChI is InChI=1S/C26H25N3/c1-3-13-25-21(7-1)9-5-11-23(25)19-27-29-17-15-28(16-18-29)20-24-12-6-10-22-8-2-4-14-26(22)24/h1-14,19H,15-18,20H2. The lowest BCUT2D eigenvalue weighted by atomic mass is 10.0. The fourth-order valence-corrected chi connectivity index (χ4v) is 4.19. The molecule has 1 aliphatic heterocycles. The lowest BCUT2D eigenvalue weighted by Gasteiger charge is -2.33.